The van der Waals surface area contributed by atoms with Crippen LogP contribution >= 0.6 is 11.6 Å². The zero-order valence-corrected chi connectivity index (χ0v) is 16.5. The minimum atomic E-state index is -3.70. The van der Waals surface area contributed by atoms with Crippen LogP contribution in [0.1, 0.15) is 25.3 Å². The summed E-state index contributed by atoms with van der Waals surface area (Å²) in [6, 6.07) is 12.2. The number of rotatable bonds is 5. The second-order valence-electron chi connectivity index (χ2n) is 6.56. The average molecular weight is 395 g/mol. The van der Waals surface area contributed by atoms with Gasteiger partial charge in [0.15, 0.2) is 0 Å². The van der Waals surface area contributed by atoms with Gasteiger partial charge in [-0.25, -0.2) is 8.42 Å². The van der Waals surface area contributed by atoms with Crippen molar-refractivity contribution in [2.24, 2.45) is 0 Å². The number of morpholine rings is 1. The molecule has 0 unspecified atom stereocenters. The Balaban J connectivity index is 1.91. The van der Waals surface area contributed by atoms with E-state index >= 15 is 0 Å². The topological polar surface area (TPSA) is 58.6 Å². The van der Waals surface area contributed by atoms with Crippen LogP contribution in [-0.4, -0.2) is 34.7 Å². The van der Waals surface area contributed by atoms with Gasteiger partial charge in [0.1, 0.15) is 0 Å². The molecule has 26 heavy (non-hydrogen) atoms. The number of nitrogens with one attached hydrogen (secondary N) is 1. The highest BCUT2D eigenvalue weighted by molar-refractivity contribution is 7.92. The molecule has 2 aromatic rings. The van der Waals surface area contributed by atoms with Gasteiger partial charge in [0.05, 0.1) is 34.5 Å². The molecule has 5 nitrogen and oxygen atoms in total. The molecule has 1 aliphatic heterocycles. The molecule has 0 radical (unpaired) electrons. The van der Waals surface area contributed by atoms with E-state index in [1.54, 1.807) is 30.3 Å². The molecule has 0 bridgehead atoms. The van der Waals surface area contributed by atoms with E-state index in [2.05, 4.69) is 18.6 Å². The number of hydrogen-bond acceptors (Lipinski definition) is 4. The molecule has 0 aromatic heterocycles. The number of anilines is 2. The van der Waals surface area contributed by atoms with Crippen molar-refractivity contribution in [3.63, 3.8) is 0 Å². The van der Waals surface area contributed by atoms with Gasteiger partial charge < -0.3 is 9.64 Å². The molecule has 2 aromatic carbocycles. The van der Waals surface area contributed by atoms with Crippen LogP contribution in [0.2, 0.25) is 5.02 Å². The number of halogens is 1. The van der Waals surface area contributed by atoms with Gasteiger partial charge in [-0.1, -0.05) is 43.6 Å². The first kappa shape index (κ1) is 19.0. The number of nitrogens with zero attached hydrogens (tertiary/aromatic N) is 1. The summed E-state index contributed by atoms with van der Waals surface area (Å²) in [5, 5.41) is 0.516. The van der Waals surface area contributed by atoms with Crippen LogP contribution in [0, 0.1) is 0 Å². The Labute approximate surface area is 160 Å². The summed E-state index contributed by atoms with van der Waals surface area (Å²) in [6.45, 7) is 6.66. The van der Waals surface area contributed by atoms with Crippen LogP contribution in [-0.2, 0) is 14.8 Å². The Bertz CT molecular complexity index is 861. The lowest BCUT2D eigenvalue weighted by atomic mass is 10.0. The van der Waals surface area contributed by atoms with E-state index in [0.717, 1.165) is 5.56 Å². The fraction of sp³-hybridized carbons (Fsp3) is 0.368. The van der Waals surface area contributed by atoms with Crippen LogP contribution < -0.4 is 9.62 Å². The molecule has 0 amide bonds. The number of benzene rings is 2. The molecule has 0 saturated carbocycles. The van der Waals surface area contributed by atoms with E-state index in [0.29, 0.717) is 48.6 Å². The normalized spacial score (nSPS) is 15.3. The maximum absolute atomic E-state index is 12.8. The molecular weight excluding hydrogens is 372 g/mol. The van der Waals surface area contributed by atoms with Crippen molar-refractivity contribution >= 4 is 33.0 Å². The first-order valence-electron chi connectivity index (χ1n) is 8.62. The largest absolute Gasteiger partial charge is 0.378 e. The van der Waals surface area contributed by atoms with Crippen molar-refractivity contribution in [3.05, 3.63) is 53.1 Å². The van der Waals surface area contributed by atoms with Gasteiger partial charge in [-0.3, -0.25) is 4.72 Å². The van der Waals surface area contributed by atoms with E-state index in [1.165, 1.54) is 0 Å². The van der Waals surface area contributed by atoms with Crippen molar-refractivity contribution in [1.29, 1.82) is 0 Å². The Kier molecular flexibility index (Phi) is 5.75. The van der Waals surface area contributed by atoms with Crippen LogP contribution in [0.5, 0.6) is 0 Å². The van der Waals surface area contributed by atoms with Crippen molar-refractivity contribution in [3.8, 4) is 0 Å². The molecule has 1 N–H and O–H groups in total. The second kappa shape index (κ2) is 7.86. The molecule has 1 saturated heterocycles. The highest BCUT2D eigenvalue weighted by Gasteiger charge is 2.22. The van der Waals surface area contributed by atoms with E-state index < -0.39 is 10.0 Å². The fourth-order valence-electron chi connectivity index (χ4n) is 2.94. The minimum absolute atomic E-state index is 0.231. The highest BCUT2D eigenvalue weighted by Crippen LogP contribution is 2.35. The van der Waals surface area contributed by atoms with Crippen molar-refractivity contribution in [1.82, 2.24) is 0 Å². The number of para-hydroxylation sites is 1. The summed E-state index contributed by atoms with van der Waals surface area (Å²) >= 11 is 6.38. The zero-order chi connectivity index (χ0) is 18.7. The lowest BCUT2D eigenvalue weighted by molar-refractivity contribution is 0.123. The molecule has 7 heteroatoms. The predicted octanol–water partition coefficient (Wildman–Crippen LogP) is 4.10. The molecule has 1 fully saturated rings. The Morgan fingerprint density at radius 1 is 1.08 bits per heavy atom. The van der Waals surface area contributed by atoms with Gasteiger partial charge in [0.2, 0.25) is 0 Å². The molecule has 1 heterocycles. The fourth-order valence-corrected chi connectivity index (χ4v) is 4.30. The zero-order valence-electron chi connectivity index (χ0n) is 14.9. The molecule has 140 valence electrons. The summed E-state index contributed by atoms with van der Waals surface area (Å²) in [6.07, 6.45) is 0. The van der Waals surface area contributed by atoms with Crippen molar-refractivity contribution in [2.45, 2.75) is 24.7 Å². The highest BCUT2D eigenvalue weighted by atomic mass is 35.5. The maximum Gasteiger partial charge on any atom is 0.261 e. The summed E-state index contributed by atoms with van der Waals surface area (Å²) < 4.78 is 33.7. The standard InChI is InChI=1S/C19H23ClN2O3S/c1-14(2)15-6-8-16(9-7-15)26(23,24)21-18-5-3-4-17(20)19(18)22-10-12-25-13-11-22/h3-9,14,21H,10-13H2,1-2H3. The third kappa shape index (κ3) is 4.14. The second-order valence-corrected chi connectivity index (χ2v) is 8.65. The quantitative estimate of drug-likeness (QED) is 0.829. The van der Waals surface area contributed by atoms with E-state index in [1.807, 2.05) is 17.0 Å². The summed E-state index contributed by atoms with van der Waals surface area (Å²) in [5.41, 5.74) is 2.27. The van der Waals surface area contributed by atoms with Crippen LogP contribution in [0.25, 0.3) is 0 Å². The Morgan fingerprint density at radius 3 is 2.35 bits per heavy atom. The summed E-state index contributed by atoms with van der Waals surface area (Å²) in [5.74, 6) is 0.348. The minimum Gasteiger partial charge on any atom is -0.378 e. The Morgan fingerprint density at radius 2 is 1.73 bits per heavy atom. The Hall–Kier alpha value is -1.76. The predicted molar refractivity (Wildman–Crippen MR) is 106 cm³/mol. The molecule has 3 rings (SSSR count). The number of ether oxygens (including phenoxy) is 1. The molecular formula is C19H23ClN2O3S. The molecule has 0 aliphatic carbocycles. The van der Waals surface area contributed by atoms with Crippen molar-refractivity contribution in [2.75, 3.05) is 35.9 Å². The third-order valence-corrected chi connectivity index (χ3v) is 6.10. The maximum atomic E-state index is 12.8. The summed E-state index contributed by atoms with van der Waals surface area (Å²) in [4.78, 5) is 2.28. The van der Waals surface area contributed by atoms with Gasteiger partial charge >= 0.3 is 0 Å². The summed E-state index contributed by atoms with van der Waals surface area (Å²) in [7, 11) is -3.70. The van der Waals surface area contributed by atoms with Crippen LogP contribution in [0.15, 0.2) is 47.4 Å². The van der Waals surface area contributed by atoms with Crippen molar-refractivity contribution < 1.29 is 13.2 Å². The molecule has 1 aliphatic rings. The first-order valence-corrected chi connectivity index (χ1v) is 10.5. The SMILES string of the molecule is CC(C)c1ccc(S(=O)(=O)Nc2cccc(Cl)c2N2CCOCC2)cc1. The van der Waals surface area contributed by atoms with E-state index in [9.17, 15) is 8.42 Å². The molecule has 0 atom stereocenters. The van der Waals surface area contributed by atoms with Crippen LogP contribution in [0.3, 0.4) is 0 Å². The average Bonchev–Trinajstić information content (AvgIpc) is 2.62. The molecule has 0 spiro atoms. The van der Waals surface area contributed by atoms with Gasteiger partial charge in [0, 0.05) is 13.1 Å². The third-order valence-electron chi connectivity index (χ3n) is 4.42. The lowest BCUT2D eigenvalue weighted by Gasteiger charge is -2.31. The van der Waals surface area contributed by atoms with Gasteiger partial charge in [-0.15, -0.1) is 0 Å². The monoisotopic (exact) mass is 394 g/mol. The van der Waals surface area contributed by atoms with E-state index in [-0.39, 0.29) is 4.90 Å². The first-order chi connectivity index (χ1) is 12.4. The lowest BCUT2D eigenvalue weighted by Crippen LogP contribution is -2.37. The van der Waals surface area contributed by atoms with Gasteiger partial charge in [0.25, 0.3) is 10.0 Å². The van der Waals surface area contributed by atoms with Crippen LogP contribution in [0.4, 0.5) is 11.4 Å². The smallest absolute Gasteiger partial charge is 0.261 e. The number of sulfonamides is 1. The number of hydrogen-bond donors (Lipinski definition) is 1. The van der Waals surface area contributed by atoms with Gasteiger partial charge in [-0.2, -0.15) is 0 Å². The van der Waals surface area contributed by atoms with E-state index in [4.69, 9.17) is 16.3 Å². The van der Waals surface area contributed by atoms with Gasteiger partial charge in [-0.05, 0) is 35.7 Å².